The minimum atomic E-state index is 0.0941. The van der Waals surface area contributed by atoms with Crippen LogP contribution in [0.4, 0.5) is 0 Å². The van der Waals surface area contributed by atoms with Crippen LogP contribution in [0.15, 0.2) is 6.07 Å². The first-order chi connectivity index (χ1) is 8.81. The van der Waals surface area contributed by atoms with Gasteiger partial charge in [-0.05, 0) is 19.0 Å². The fraction of sp³-hybridized carbons (Fsp3) is 0.538. The van der Waals surface area contributed by atoms with E-state index in [4.69, 9.17) is 25.8 Å². The molecule has 98 valence electrons. The van der Waals surface area contributed by atoms with Gasteiger partial charge in [0.2, 0.25) is 0 Å². The zero-order valence-corrected chi connectivity index (χ0v) is 11.0. The topological polar surface area (TPSA) is 39.7 Å². The Morgan fingerprint density at radius 2 is 2.11 bits per heavy atom. The molecule has 1 atom stereocenters. The summed E-state index contributed by atoms with van der Waals surface area (Å²) in [4.78, 5) is 0. The van der Waals surface area contributed by atoms with Crippen LogP contribution in [-0.4, -0.2) is 33.5 Å². The summed E-state index contributed by atoms with van der Waals surface area (Å²) in [7, 11) is 1.92. The number of benzene rings is 1. The fourth-order valence-corrected chi connectivity index (χ4v) is 2.82. The van der Waals surface area contributed by atoms with Crippen LogP contribution in [0.1, 0.15) is 17.2 Å². The smallest absolute Gasteiger partial charge is 0.166 e. The fourth-order valence-electron chi connectivity index (χ4n) is 2.53. The molecular weight excluding hydrogens is 254 g/mol. The van der Waals surface area contributed by atoms with Gasteiger partial charge in [-0.15, -0.1) is 0 Å². The van der Waals surface area contributed by atoms with Crippen molar-refractivity contribution < 1.29 is 14.2 Å². The molecule has 0 spiro atoms. The van der Waals surface area contributed by atoms with E-state index >= 15 is 0 Å². The maximum Gasteiger partial charge on any atom is 0.166 e. The molecule has 3 rings (SSSR count). The van der Waals surface area contributed by atoms with E-state index in [0.29, 0.717) is 26.4 Å². The van der Waals surface area contributed by atoms with Gasteiger partial charge in [-0.1, -0.05) is 11.6 Å². The van der Waals surface area contributed by atoms with Crippen LogP contribution in [0.3, 0.4) is 0 Å². The van der Waals surface area contributed by atoms with Gasteiger partial charge in [-0.25, -0.2) is 0 Å². The Kier molecular flexibility index (Phi) is 3.33. The lowest BCUT2D eigenvalue weighted by Gasteiger charge is -2.26. The van der Waals surface area contributed by atoms with Crippen LogP contribution in [0.2, 0.25) is 5.02 Å². The van der Waals surface area contributed by atoms with Gasteiger partial charge in [0, 0.05) is 16.7 Å². The number of nitrogens with one attached hydrogen (secondary N) is 1. The van der Waals surface area contributed by atoms with E-state index in [1.165, 1.54) is 0 Å². The van der Waals surface area contributed by atoms with Crippen molar-refractivity contribution in [1.82, 2.24) is 5.32 Å². The predicted octanol–water partition coefficient (Wildman–Crippen LogP) is 1.94. The van der Waals surface area contributed by atoms with Crippen molar-refractivity contribution in [2.45, 2.75) is 12.5 Å². The van der Waals surface area contributed by atoms with Gasteiger partial charge in [0.15, 0.2) is 11.5 Å². The SMILES string of the molecule is CNC1COCCc2c(Cl)cc3c(c21)OCCO3. The van der Waals surface area contributed by atoms with Crippen molar-refractivity contribution in [3.05, 3.63) is 22.2 Å². The highest BCUT2D eigenvalue weighted by Crippen LogP contribution is 2.44. The van der Waals surface area contributed by atoms with E-state index in [9.17, 15) is 0 Å². The Balaban J connectivity index is 2.18. The average Bonchev–Trinajstić information content (AvgIpc) is 2.61. The molecule has 0 aromatic heterocycles. The Labute approximate surface area is 111 Å². The predicted molar refractivity (Wildman–Crippen MR) is 68.8 cm³/mol. The molecule has 1 aromatic carbocycles. The van der Waals surface area contributed by atoms with E-state index in [1.807, 2.05) is 13.1 Å². The molecule has 0 amide bonds. The zero-order valence-electron chi connectivity index (χ0n) is 10.3. The van der Waals surface area contributed by atoms with Gasteiger partial charge >= 0.3 is 0 Å². The summed E-state index contributed by atoms with van der Waals surface area (Å²) >= 11 is 6.36. The lowest BCUT2D eigenvalue weighted by Crippen LogP contribution is -2.24. The van der Waals surface area contributed by atoms with Crippen LogP contribution in [0, 0.1) is 0 Å². The summed E-state index contributed by atoms with van der Waals surface area (Å²) in [5.74, 6) is 1.57. The Morgan fingerprint density at radius 1 is 1.28 bits per heavy atom. The van der Waals surface area contributed by atoms with Crippen molar-refractivity contribution in [3.63, 3.8) is 0 Å². The normalized spacial score (nSPS) is 22.2. The number of hydrogen-bond donors (Lipinski definition) is 1. The quantitative estimate of drug-likeness (QED) is 0.846. The van der Waals surface area contributed by atoms with Gasteiger partial charge in [-0.2, -0.15) is 0 Å². The maximum absolute atomic E-state index is 6.36. The van der Waals surface area contributed by atoms with Gasteiger partial charge < -0.3 is 19.5 Å². The minimum Gasteiger partial charge on any atom is -0.486 e. The number of ether oxygens (including phenoxy) is 3. The summed E-state index contributed by atoms with van der Waals surface area (Å²) < 4.78 is 17.0. The summed E-state index contributed by atoms with van der Waals surface area (Å²) in [6.07, 6.45) is 0.809. The van der Waals surface area contributed by atoms with Crippen LogP contribution in [-0.2, 0) is 11.2 Å². The first-order valence-corrected chi connectivity index (χ1v) is 6.55. The molecule has 1 unspecified atom stereocenters. The van der Waals surface area contributed by atoms with Crippen LogP contribution in [0.5, 0.6) is 11.5 Å². The second kappa shape index (κ2) is 4.96. The first kappa shape index (κ1) is 12.1. The number of hydrogen-bond acceptors (Lipinski definition) is 4. The van der Waals surface area contributed by atoms with E-state index in [1.54, 1.807) is 0 Å². The third-order valence-corrected chi connectivity index (χ3v) is 3.74. The van der Waals surface area contributed by atoms with Gasteiger partial charge in [0.1, 0.15) is 13.2 Å². The first-order valence-electron chi connectivity index (χ1n) is 6.17. The molecule has 0 fully saturated rings. The lowest BCUT2D eigenvalue weighted by atomic mass is 9.97. The van der Waals surface area contributed by atoms with E-state index in [-0.39, 0.29) is 6.04 Å². The van der Waals surface area contributed by atoms with Gasteiger partial charge in [-0.3, -0.25) is 0 Å². The third kappa shape index (κ3) is 1.94. The second-order valence-electron chi connectivity index (χ2n) is 4.44. The average molecular weight is 270 g/mol. The number of halogens is 1. The molecule has 5 heteroatoms. The Hall–Kier alpha value is -0.970. The largest absolute Gasteiger partial charge is 0.486 e. The third-order valence-electron chi connectivity index (χ3n) is 3.40. The molecule has 2 aliphatic rings. The Bertz CT molecular complexity index is 464. The van der Waals surface area contributed by atoms with Gasteiger partial charge in [0.25, 0.3) is 0 Å². The zero-order chi connectivity index (χ0) is 12.5. The van der Waals surface area contributed by atoms with Crippen molar-refractivity contribution >= 4 is 11.6 Å². The molecular formula is C13H16ClNO3. The van der Waals surface area contributed by atoms with E-state index in [2.05, 4.69) is 5.32 Å². The number of likely N-dealkylation sites (N-methyl/N-ethyl adjacent to an activating group) is 1. The molecule has 2 heterocycles. The van der Waals surface area contributed by atoms with Crippen LogP contribution >= 0.6 is 11.6 Å². The lowest BCUT2D eigenvalue weighted by molar-refractivity contribution is 0.121. The van der Waals surface area contributed by atoms with Crippen molar-refractivity contribution in [2.75, 3.05) is 33.5 Å². The molecule has 18 heavy (non-hydrogen) atoms. The molecule has 1 N–H and O–H groups in total. The maximum atomic E-state index is 6.36. The van der Waals surface area contributed by atoms with Crippen LogP contribution < -0.4 is 14.8 Å². The molecule has 0 bridgehead atoms. The number of rotatable bonds is 1. The second-order valence-corrected chi connectivity index (χ2v) is 4.85. The highest BCUT2D eigenvalue weighted by Gasteiger charge is 2.28. The Morgan fingerprint density at radius 3 is 2.94 bits per heavy atom. The van der Waals surface area contributed by atoms with Crippen molar-refractivity contribution in [3.8, 4) is 11.5 Å². The summed E-state index contributed by atoms with van der Waals surface area (Å²) in [6.45, 7) is 2.46. The van der Waals surface area contributed by atoms with Crippen LogP contribution in [0.25, 0.3) is 0 Å². The molecule has 0 aliphatic carbocycles. The molecule has 2 aliphatic heterocycles. The molecule has 0 radical (unpaired) electrons. The molecule has 0 saturated carbocycles. The monoisotopic (exact) mass is 269 g/mol. The highest BCUT2D eigenvalue weighted by molar-refractivity contribution is 6.31. The summed E-state index contributed by atoms with van der Waals surface area (Å²) in [5, 5.41) is 3.99. The van der Waals surface area contributed by atoms with Crippen molar-refractivity contribution in [1.29, 1.82) is 0 Å². The van der Waals surface area contributed by atoms with Gasteiger partial charge in [0.05, 0.1) is 19.3 Å². The molecule has 4 nitrogen and oxygen atoms in total. The standard InChI is InChI=1S/C13H16ClNO3/c1-15-10-7-16-3-2-8-9(14)6-11-13(12(8)10)18-5-4-17-11/h6,10,15H,2-5,7H2,1H3. The summed E-state index contributed by atoms with van der Waals surface area (Å²) in [5.41, 5.74) is 2.20. The van der Waals surface area contributed by atoms with E-state index < -0.39 is 0 Å². The summed E-state index contributed by atoms with van der Waals surface area (Å²) in [6, 6.07) is 1.95. The molecule has 1 aromatic rings. The minimum absolute atomic E-state index is 0.0941. The number of fused-ring (bicyclic) bond motifs is 3. The van der Waals surface area contributed by atoms with E-state index in [0.717, 1.165) is 34.1 Å². The van der Waals surface area contributed by atoms with Crippen molar-refractivity contribution in [2.24, 2.45) is 0 Å². The highest BCUT2D eigenvalue weighted by atomic mass is 35.5. The molecule has 0 saturated heterocycles.